The molecule has 0 radical (unpaired) electrons. The number of hydrogen-bond donors (Lipinski definition) is 1. The second-order valence-corrected chi connectivity index (χ2v) is 3.77. The molecule has 0 bridgehead atoms. The summed E-state index contributed by atoms with van der Waals surface area (Å²) in [5, 5.41) is 9.27. The number of halogens is 1. The van der Waals surface area contributed by atoms with E-state index >= 15 is 0 Å². The van der Waals surface area contributed by atoms with Gasteiger partial charge in [0.1, 0.15) is 0 Å². The highest BCUT2D eigenvalue weighted by atomic mass is 32.2. The second kappa shape index (κ2) is 4.19. The van der Waals surface area contributed by atoms with E-state index in [9.17, 15) is 9.50 Å². The fraction of sp³-hybridized carbons (Fsp3) is 1.00. The van der Waals surface area contributed by atoms with Crippen molar-refractivity contribution in [1.29, 1.82) is 0 Å². The van der Waals surface area contributed by atoms with Crippen molar-refractivity contribution in [3.05, 3.63) is 0 Å². The molecule has 0 aliphatic carbocycles. The van der Waals surface area contributed by atoms with Crippen molar-refractivity contribution in [1.82, 2.24) is 0 Å². The van der Waals surface area contributed by atoms with E-state index in [1.54, 1.807) is 11.8 Å². The van der Waals surface area contributed by atoms with E-state index in [-0.39, 0.29) is 12.8 Å². The van der Waals surface area contributed by atoms with Crippen LogP contribution in [0.5, 0.6) is 0 Å². The van der Waals surface area contributed by atoms with Crippen LogP contribution in [0.15, 0.2) is 0 Å². The highest BCUT2D eigenvalue weighted by Crippen LogP contribution is 2.27. The van der Waals surface area contributed by atoms with Crippen LogP contribution in [0.1, 0.15) is 12.8 Å². The molecule has 1 N–H and O–H groups in total. The monoisotopic (exact) mass is 164 g/mol. The third kappa shape index (κ3) is 2.13. The summed E-state index contributed by atoms with van der Waals surface area (Å²) in [6.45, 7) is -0.242. The number of alkyl halides is 1. The van der Waals surface area contributed by atoms with Gasteiger partial charge in [-0.15, -0.1) is 0 Å². The standard InChI is InChI=1S/C7H13FOS/c8-3-1-2-6-4-10-5-7(6)9/h6-7,9H,1-5H2. The maximum atomic E-state index is 11.7. The topological polar surface area (TPSA) is 20.2 Å². The number of rotatable bonds is 3. The van der Waals surface area contributed by atoms with Gasteiger partial charge in [0, 0.05) is 5.75 Å². The van der Waals surface area contributed by atoms with Gasteiger partial charge in [-0.1, -0.05) is 0 Å². The minimum absolute atomic E-state index is 0.170. The molecule has 0 aromatic heterocycles. The summed E-state index contributed by atoms with van der Waals surface area (Å²) in [6.07, 6.45) is 1.30. The van der Waals surface area contributed by atoms with Gasteiger partial charge >= 0.3 is 0 Å². The van der Waals surface area contributed by atoms with Gasteiger partial charge in [0.25, 0.3) is 0 Å². The zero-order valence-corrected chi connectivity index (χ0v) is 6.74. The quantitative estimate of drug-likeness (QED) is 0.681. The average Bonchev–Trinajstić information content (AvgIpc) is 2.31. The van der Waals surface area contributed by atoms with Gasteiger partial charge in [-0.05, 0) is 24.5 Å². The summed E-state index contributed by atoms with van der Waals surface area (Å²) in [4.78, 5) is 0. The van der Waals surface area contributed by atoms with Crippen molar-refractivity contribution in [2.75, 3.05) is 18.2 Å². The van der Waals surface area contributed by atoms with E-state index in [0.29, 0.717) is 12.3 Å². The summed E-state index contributed by atoms with van der Waals surface area (Å²) in [7, 11) is 0. The van der Waals surface area contributed by atoms with Crippen LogP contribution in [0.2, 0.25) is 0 Å². The summed E-state index contributed by atoms with van der Waals surface area (Å²) >= 11 is 1.77. The lowest BCUT2D eigenvalue weighted by atomic mass is 10.0. The number of hydrogen-bond acceptors (Lipinski definition) is 2. The van der Waals surface area contributed by atoms with Crippen LogP contribution in [0.3, 0.4) is 0 Å². The maximum Gasteiger partial charge on any atom is 0.0894 e. The fourth-order valence-electron chi connectivity index (χ4n) is 1.20. The minimum atomic E-state index is -0.242. The van der Waals surface area contributed by atoms with E-state index in [0.717, 1.165) is 17.9 Å². The molecule has 1 aliphatic heterocycles. The first-order valence-electron chi connectivity index (χ1n) is 3.66. The average molecular weight is 164 g/mol. The summed E-state index contributed by atoms with van der Waals surface area (Å²) < 4.78 is 11.7. The largest absolute Gasteiger partial charge is 0.392 e. The van der Waals surface area contributed by atoms with Gasteiger partial charge in [-0.25, -0.2) is 0 Å². The van der Waals surface area contributed by atoms with Gasteiger partial charge in [-0.3, -0.25) is 4.39 Å². The first-order valence-corrected chi connectivity index (χ1v) is 4.82. The van der Waals surface area contributed by atoms with E-state index in [1.807, 2.05) is 0 Å². The Balaban J connectivity index is 2.14. The molecule has 2 atom stereocenters. The molecule has 0 aromatic carbocycles. The van der Waals surface area contributed by atoms with Crippen LogP contribution in [0, 0.1) is 5.92 Å². The molecule has 1 rings (SSSR count). The van der Waals surface area contributed by atoms with Crippen LogP contribution in [-0.4, -0.2) is 29.4 Å². The zero-order valence-electron chi connectivity index (χ0n) is 5.92. The SMILES string of the molecule is OC1CSCC1CCCF. The molecule has 0 aromatic rings. The van der Waals surface area contributed by atoms with E-state index in [2.05, 4.69) is 0 Å². The lowest BCUT2D eigenvalue weighted by Gasteiger charge is -2.10. The van der Waals surface area contributed by atoms with Crippen molar-refractivity contribution in [3.63, 3.8) is 0 Å². The minimum Gasteiger partial charge on any atom is -0.392 e. The van der Waals surface area contributed by atoms with E-state index < -0.39 is 0 Å². The van der Waals surface area contributed by atoms with Gasteiger partial charge in [0.15, 0.2) is 0 Å². The molecule has 3 heteroatoms. The van der Waals surface area contributed by atoms with Gasteiger partial charge < -0.3 is 5.11 Å². The van der Waals surface area contributed by atoms with Crippen molar-refractivity contribution in [2.24, 2.45) is 5.92 Å². The summed E-state index contributed by atoms with van der Waals surface area (Å²) in [5.41, 5.74) is 0. The molecule has 1 heterocycles. The molecule has 0 amide bonds. The normalized spacial score (nSPS) is 33.0. The molecule has 2 unspecified atom stereocenters. The van der Waals surface area contributed by atoms with Crippen molar-refractivity contribution < 1.29 is 9.50 Å². The molecular weight excluding hydrogens is 151 g/mol. The van der Waals surface area contributed by atoms with Crippen molar-refractivity contribution in [3.8, 4) is 0 Å². The molecule has 1 aliphatic rings. The molecule has 0 spiro atoms. The Morgan fingerprint density at radius 1 is 1.50 bits per heavy atom. The fourth-order valence-corrected chi connectivity index (χ4v) is 2.54. The highest BCUT2D eigenvalue weighted by Gasteiger charge is 2.24. The Hall–Kier alpha value is 0.240. The Bertz CT molecular complexity index is 99.6. The number of aliphatic hydroxyl groups is 1. The van der Waals surface area contributed by atoms with E-state index in [1.165, 1.54) is 0 Å². The van der Waals surface area contributed by atoms with Gasteiger partial charge in [0.2, 0.25) is 0 Å². The molecule has 60 valence electrons. The van der Waals surface area contributed by atoms with Crippen LogP contribution in [0.25, 0.3) is 0 Å². The molecular formula is C7H13FOS. The van der Waals surface area contributed by atoms with E-state index in [4.69, 9.17) is 0 Å². The second-order valence-electron chi connectivity index (χ2n) is 2.70. The van der Waals surface area contributed by atoms with Crippen molar-refractivity contribution in [2.45, 2.75) is 18.9 Å². The van der Waals surface area contributed by atoms with Crippen LogP contribution in [0.4, 0.5) is 4.39 Å². The summed E-state index contributed by atoms with van der Waals surface area (Å²) in [6, 6.07) is 0. The number of thioether (sulfide) groups is 1. The Kier molecular flexibility index (Phi) is 3.49. The Morgan fingerprint density at radius 3 is 2.80 bits per heavy atom. The van der Waals surface area contributed by atoms with Crippen molar-refractivity contribution >= 4 is 11.8 Å². The zero-order chi connectivity index (χ0) is 7.40. The first kappa shape index (κ1) is 8.34. The Labute approximate surface area is 65.0 Å². The van der Waals surface area contributed by atoms with Crippen LogP contribution >= 0.6 is 11.8 Å². The van der Waals surface area contributed by atoms with Crippen LogP contribution < -0.4 is 0 Å². The van der Waals surface area contributed by atoms with Crippen LogP contribution in [-0.2, 0) is 0 Å². The predicted octanol–water partition coefficient (Wildman–Crippen LogP) is 1.46. The molecule has 10 heavy (non-hydrogen) atoms. The summed E-state index contributed by atoms with van der Waals surface area (Å²) in [5.74, 6) is 2.22. The predicted molar refractivity (Wildman–Crippen MR) is 42.0 cm³/mol. The number of aliphatic hydroxyl groups excluding tert-OH is 1. The highest BCUT2D eigenvalue weighted by molar-refractivity contribution is 7.99. The third-order valence-electron chi connectivity index (χ3n) is 1.87. The Morgan fingerprint density at radius 2 is 2.30 bits per heavy atom. The smallest absolute Gasteiger partial charge is 0.0894 e. The maximum absolute atomic E-state index is 11.7. The molecule has 1 saturated heterocycles. The lowest BCUT2D eigenvalue weighted by Crippen LogP contribution is -2.17. The molecule has 1 nitrogen and oxygen atoms in total. The van der Waals surface area contributed by atoms with Gasteiger partial charge in [-0.2, -0.15) is 11.8 Å². The molecule has 0 saturated carbocycles. The van der Waals surface area contributed by atoms with Gasteiger partial charge in [0.05, 0.1) is 12.8 Å². The third-order valence-corrected chi connectivity index (χ3v) is 3.11. The first-order chi connectivity index (χ1) is 4.84. The molecule has 1 fully saturated rings. The lowest BCUT2D eigenvalue weighted by molar-refractivity contribution is 0.142.